The predicted octanol–water partition coefficient (Wildman–Crippen LogP) is 2.00. The molecule has 1 unspecified atom stereocenters. The molecular weight excluding hydrogens is 336 g/mol. The van der Waals surface area contributed by atoms with Gasteiger partial charge in [0.05, 0.1) is 11.1 Å². The zero-order chi connectivity index (χ0) is 15.2. The second-order valence-electron chi connectivity index (χ2n) is 5.20. The number of methoxy groups -OCH3 is 1. The topological polar surface area (TPSA) is 61.8 Å². The average molecular weight is 357 g/mol. The lowest BCUT2D eigenvalue weighted by molar-refractivity contribution is 0.0679. The van der Waals surface area contributed by atoms with Gasteiger partial charge in [-0.2, -0.15) is 0 Å². The Hall–Kier alpha value is -1.11. The number of nitrogens with one attached hydrogen (secondary N) is 1. The summed E-state index contributed by atoms with van der Waals surface area (Å²) >= 11 is 3.22. The number of phenols is 1. The van der Waals surface area contributed by atoms with Crippen LogP contribution < -0.4 is 5.32 Å². The van der Waals surface area contributed by atoms with Crippen LogP contribution >= 0.6 is 15.9 Å². The van der Waals surface area contributed by atoms with Gasteiger partial charge in [0.1, 0.15) is 5.75 Å². The Balaban J connectivity index is 2.09. The summed E-state index contributed by atoms with van der Waals surface area (Å²) in [7, 11) is 1.63. The van der Waals surface area contributed by atoms with Crippen molar-refractivity contribution in [1.29, 1.82) is 0 Å². The van der Waals surface area contributed by atoms with Gasteiger partial charge in [0.15, 0.2) is 0 Å². The molecular formula is C15H21BrN2O3. The number of carbonyl (C=O) groups is 1. The van der Waals surface area contributed by atoms with Crippen LogP contribution in [-0.4, -0.2) is 55.3 Å². The summed E-state index contributed by atoms with van der Waals surface area (Å²) in [6.07, 6.45) is 2.23. The maximum Gasteiger partial charge on any atom is 0.254 e. The molecule has 1 amide bonds. The number of carbonyl (C=O) groups excluding carboxylic acids is 1. The summed E-state index contributed by atoms with van der Waals surface area (Å²) in [6.45, 7) is 2.72. The molecule has 1 aromatic carbocycles. The minimum Gasteiger partial charge on any atom is -0.507 e. The van der Waals surface area contributed by atoms with Crippen LogP contribution in [0, 0.1) is 0 Å². The molecule has 0 aliphatic carbocycles. The summed E-state index contributed by atoms with van der Waals surface area (Å²) in [4.78, 5) is 14.4. The first kappa shape index (κ1) is 16.3. The highest BCUT2D eigenvalue weighted by molar-refractivity contribution is 9.10. The normalized spacial score (nSPS) is 17.9. The van der Waals surface area contributed by atoms with Crippen molar-refractivity contribution in [1.82, 2.24) is 10.2 Å². The number of hydrogen-bond donors (Lipinski definition) is 2. The van der Waals surface area contributed by atoms with Gasteiger partial charge in [0.2, 0.25) is 0 Å². The van der Waals surface area contributed by atoms with Gasteiger partial charge >= 0.3 is 0 Å². The van der Waals surface area contributed by atoms with E-state index in [9.17, 15) is 9.90 Å². The zero-order valence-electron chi connectivity index (χ0n) is 12.1. The standard InChI is InChI=1S/C15H21BrN2O3/c1-21-8-7-18(10-12-3-2-6-17-12)15(20)11-4-5-13(16)14(19)9-11/h4-5,9,12,17,19H,2-3,6-8,10H2,1H3. The van der Waals surface area contributed by atoms with Crippen molar-refractivity contribution < 1.29 is 14.6 Å². The number of hydrogen-bond acceptors (Lipinski definition) is 4. The molecule has 1 saturated heterocycles. The largest absolute Gasteiger partial charge is 0.507 e. The van der Waals surface area contributed by atoms with E-state index in [1.165, 1.54) is 6.07 Å². The zero-order valence-corrected chi connectivity index (χ0v) is 13.7. The summed E-state index contributed by atoms with van der Waals surface area (Å²) in [5.74, 6) is -0.00455. The van der Waals surface area contributed by atoms with Crippen LogP contribution in [0.2, 0.25) is 0 Å². The molecule has 1 heterocycles. The first-order valence-corrected chi connectivity index (χ1v) is 7.91. The van der Waals surface area contributed by atoms with Gasteiger partial charge in [-0.15, -0.1) is 0 Å². The molecule has 0 bridgehead atoms. The highest BCUT2D eigenvalue weighted by Gasteiger charge is 2.22. The van der Waals surface area contributed by atoms with Gasteiger partial charge in [-0.1, -0.05) is 0 Å². The Kier molecular flexibility index (Phi) is 6.02. The molecule has 0 aromatic heterocycles. The first-order valence-electron chi connectivity index (χ1n) is 7.12. The van der Waals surface area contributed by atoms with Gasteiger partial charge < -0.3 is 20.1 Å². The van der Waals surface area contributed by atoms with Crippen LogP contribution in [0.15, 0.2) is 22.7 Å². The molecule has 0 spiro atoms. The minimum atomic E-state index is -0.0800. The van der Waals surface area contributed by atoms with E-state index in [1.54, 1.807) is 24.1 Å². The van der Waals surface area contributed by atoms with E-state index < -0.39 is 0 Å². The number of rotatable bonds is 6. The molecule has 116 valence electrons. The van der Waals surface area contributed by atoms with E-state index in [2.05, 4.69) is 21.2 Å². The molecule has 1 atom stereocenters. The monoisotopic (exact) mass is 356 g/mol. The Morgan fingerprint density at radius 2 is 2.38 bits per heavy atom. The molecule has 0 saturated carbocycles. The number of ether oxygens (including phenoxy) is 1. The van der Waals surface area contributed by atoms with Crippen LogP contribution in [-0.2, 0) is 4.74 Å². The fourth-order valence-electron chi connectivity index (χ4n) is 2.48. The number of nitrogens with zero attached hydrogens (tertiary/aromatic N) is 1. The molecule has 5 nitrogen and oxygen atoms in total. The molecule has 1 fully saturated rings. The van der Waals surface area contributed by atoms with E-state index >= 15 is 0 Å². The Labute approximate surface area is 133 Å². The number of aromatic hydroxyl groups is 1. The van der Waals surface area contributed by atoms with E-state index in [1.807, 2.05) is 0 Å². The average Bonchev–Trinajstić information content (AvgIpc) is 2.98. The van der Waals surface area contributed by atoms with Crippen LogP contribution in [0.4, 0.5) is 0 Å². The molecule has 0 radical (unpaired) electrons. The van der Waals surface area contributed by atoms with Crippen molar-refractivity contribution in [3.8, 4) is 5.75 Å². The van der Waals surface area contributed by atoms with Crippen LogP contribution in [0.5, 0.6) is 5.75 Å². The lowest BCUT2D eigenvalue weighted by atomic mass is 10.1. The van der Waals surface area contributed by atoms with E-state index in [4.69, 9.17) is 4.74 Å². The molecule has 2 N–H and O–H groups in total. The fourth-order valence-corrected chi connectivity index (χ4v) is 2.73. The van der Waals surface area contributed by atoms with E-state index in [-0.39, 0.29) is 11.7 Å². The quantitative estimate of drug-likeness (QED) is 0.818. The van der Waals surface area contributed by atoms with E-state index in [0.29, 0.717) is 35.8 Å². The van der Waals surface area contributed by atoms with Crippen LogP contribution in [0.1, 0.15) is 23.2 Å². The van der Waals surface area contributed by atoms with Crippen molar-refractivity contribution in [2.75, 3.05) is 33.4 Å². The lowest BCUT2D eigenvalue weighted by Crippen LogP contribution is -2.42. The first-order chi connectivity index (χ1) is 10.1. The highest BCUT2D eigenvalue weighted by atomic mass is 79.9. The van der Waals surface area contributed by atoms with Crippen LogP contribution in [0.3, 0.4) is 0 Å². The molecule has 6 heteroatoms. The Morgan fingerprint density at radius 3 is 3.00 bits per heavy atom. The number of amides is 1. The van der Waals surface area contributed by atoms with Gasteiger partial charge in [-0.05, 0) is 53.5 Å². The van der Waals surface area contributed by atoms with Gasteiger partial charge in [0, 0.05) is 31.8 Å². The van der Waals surface area contributed by atoms with Crippen molar-refractivity contribution in [3.63, 3.8) is 0 Å². The van der Waals surface area contributed by atoms with Crippen molar-refractivity contribution in [2.24, 2.45) is 0 Å². The minimum absolute atomic E-state index is 0.0755. The summed E-state index contributed by atoms with van der Waals surface area (Å²) in [5.41, 5.74) is 0.491. The molecule has 21 heavy (non-hydrogen) atoms. The summed E-state index contributed by atoms with van der Waals surface area (Å²) < 4.78 is 5.68. The van der Waals surface area contributed by atoms with Gasteiger partial charge in [-0.3, -0.25) is 4.79 Å². The predicted molar refractivity (Wildman–Crippen MR) is 84.6 cm³/mol. The van der Waals surface area contributed by atoms with Gasteiger partial charge in [0.25, 0.3) is 5.91 Å². The third-order valence-corrected chi connectivity index (χ3v) is 4.32. The SMILES string of the molecule is COCCN(CC1CCCN1)C(=O)c1ccc(Br)c(O)c1. The third kappa shape index (κ3) is 4.43. The number of halogens is 1. The molecule has 1 aliphatic heterocycles. The summed E-state index contributed by atoms with van der Waals surface area (Å²) in [5, 5.41) is 13.1. The van der Waals surface area contributed by atoms with Crippen molar-refractivity contribution in [3.05, 3.63) is 28.2 Å². The Morgan fingerprint density at radius 1 is 1.57 bits per heavy atom. The number of benzene rings is 1. The van der Waals surface area contributed by atoms with E-state index in [0.717, 1.165) is 19.4 Å². The third-order valence-electron chi connectivity index (χ3n) is 3.65. The fraction of sp³-hybridized carbons (Fsp3) is 0.533. The van der Waals surface area contributed by atoms with Crippen LogP contribution in [0.25, 0.3) is 0 Å². The van der Waals surface area contributed by atoms with Crippen molar-refractivity contribution in [2.45, 2.75) is 18.9 Å². The Bertz CT molecular complexity index is 490. The highest BCUT2D eigenvalue weighted by Crippen LogP contribution is 2.25. The number of phenolic OH excluding ortho intramolecular Hbond substituents is 1. The maximum atomic E-state index is 12.6. The molecule has 1 aliphatic rings. The summed E-state index contributed by atoms with van der Waals surface area (Å²) in [6, 6.07) is 5.24. The molecule has 1 aromatic rings. The van der Waals surface area contributed by atoms with Crippen molar-refractivity contribution >= 4 is 21.8 Å². The molecule has 2 rings (SSSR count). The van der Waals surface area contributed by atoms with Gasteiger partial charge in [-0.25, -0.2) is 0 Å². The second kappa shape index (κ2) is 7.77. The smallest absolute Gasteiger partial charge is 0.254 e. The second-order valence-corrected chi connectivity index (χ2v) is 6.06. The maximum absolute atomic E-state index is 12.6. The lowest BCUT2D eigenvalue weighted by Gasteiger charge is -2.26.